The van der Waals surface area contributed by atoms with Crippen molar-refractivity contribution in [2.24, 2.45) is 16.7 Å². The lowest BCUT2D eigenvalue weighted by molar-refractivity contribution is -0.137. The largest absolute Gasteiger partial charge is 0.468 e. The van der Waals surface area contributed by atoms with Crippen molar-refractivity contribution in [3.05, 3.63) is 0 Å². The summed E-state index contributed by atoms with van der Waals surface area (Å²) in [5, 5.41) is -0.134. The van der Waals surface area contributed by atoms with Crippen LogP contribution in [0.15, 0.2) is 0 Å². The number of sulfonamides is 1. The Hall–Kier alpha value is -0.760. The van der Waals surface area contributed by atoms with Crippen molar-refractivity contribution in [2.75, 3.05) is 18.6 Å². The third kappa shape index (κ3) is 2.80. The van der Waals surface area contributed by atoms with Crippen LogP contribution in [0.25, 0.3) is 0 Å². The van der Waals surface area contributed by atoms with Crippen LogP contribution >= 0.6 is 11.8 Å². The Labute approximate surface area is 154 Å². The quantitative estimate of drug-likeness (QED) is 0.670. The van der Waals surface area contributed by atoms with E-state index in [1.165, 1.54) is 23.2 Å². The highest BCUT2D eigenvalue weighted by Crippen LogP contribution is 2.70. The third-order valence-corrected chi connectivity index (χ3v) is 9.91. The first-order valence-electron chi connectivity index (χ1n) is 8.78. The van der Waals surface area contributed by atoms with Gasteiger partial charge < -0.3 is 4.74 Å². The number of carbonyl (C=O) groups excluding carboxylic acids is 2. The van der Waals surface area contributed by atoms with Gasteiger partial charge in [0.15, 0.2) is 0 Å². The Morgan fingerprint density at radius 1 is 1.36 bits per heavy atom. The van der Waals surface area contributed by atoms with Gasteiger partial charge in [-0.05, 0) is 30.6 Å². The summed E-state index contributed by atoms with van der Waals surface area (Å²) in [6.07, 6.45) is 2.87. The molecule has 142 valence electrons. The maximum atomic E-state index is 12.8. The summed E-state index contributed by atoms with van der Waals surface area (Å²) in [6, 6.07) is -0.184. The Morgan fingerprint density at radius 3 is 2.64 bits per heavy atom. The van der Waals surface area contributed by atoms with E-state index in [4.69, 9.17) is 0 Å². The fourth-order valence-corrected chi connectivity index (χ4v) is 8.64. The molecule has 8 heteroatoms. The standard InChI is InChI=1S/C17H27NO5S2/c1-11(24-9-15(20)23-4)7-14(19)18-13-8-12-5-6-17(13,16(12,2)3)10-25(18,21)22/h11-13H,5-10H2,1-4H3/t11-,12-,13-,17-/m1/s1. The summed E-state index contributed by atoms with van der Waals surface area (Å²) in [6.45, 7) is 6.18. The zero-order chi connectivity index (χ0) is 18.6. The number of carbonyl (C=O) groups is 2. The molecule has 3 fully saturated rings. The van der Waals surface area contributed by atoms with Gasteiger partial charge in [0.05, 0.1) is 24.7 Å². The Bertz CT molecular complexity index is 689. The van der Waals surface area contributed by atoms with Gasteiger partial charge in [0.2, 0.25) is 15.9 Å². The predicted octanol–water partition coefficient (Wildman–Crippen LogP) is 2.04. The molecule has 0 aromatic heterocycles. The Morgan fingerprint density at radius 2 is 2.04 bits per heavy atom. The number of hydrogen-bond acceptors (Lipinski definition) is 6. The number of rotatable bonds is 5. The number of hydrogen-bond donors (Lipinski definition) is 0. The lowest BCUT2D eigenvalue weighted by Gasteiger charge is -2.37. The van der Waals surface area contributed by atoms with Crippen molar-refractivity contribution < 1.29 is 22.7 Å². The molecule has 1 spiro atoms. The molecule has 0 unspecified atom stereocenters. The van der Waals surface area contributed by atoms with Gasteiger partial charge in [-0.2, -0.15) is 0 Å². The van der Waals surface area contributed by atoms with Gasteiger partial charge in [-0.25, -0.2) is 12.7 Å². The summed E-state index contributed by atoms with van der Waals surface area (Å²) in [5.74, 6) is 0.0976. The first-order chi connectivity index (χ1) is 11.5. The van der Waals surface area contributed by atoms with E-state index in [9.17, 15) is 18.0 Å². The molecule has 1 saturated heterocycles. The first-order valence-corrected chi connectivity index (χ1v) is 11.4. The molecule has 2 saturated carbocycles. The topological polar surface area (TPSA) is 80.8 Å². The zero-order valence-corrected chi connectivity index (χ0v) is 16.9. The van der Waals surface area contributed by atoms with Gasteiger partial charge in [0.25, 0.3) is 0 Å². The number of esters is 1. The van der Waals surface area contributed by atoms with Crippen LogP contribution in [0.5, 0.6) is 0 Å². The molecule has 4 atom stereocenters. The summed E-state index contributed by atoms with van der Waals surface area (Å²) in [5.41, 5.74) is -0.320. The first kappa shape index (κ1) is 19.0. The van der Waals surface area contributed by atoms with E-state index < -0.39 is 10.0 Å². The van der Waals surface area contributed by atoms with Crippen LogP contribution in [0.4, 0.5) is 0 Å². The molecule has 0 aromatic rings. The molecule has 1 heterocycles. The van der Waals surface area contributed by atoms with Crippen LogP contribution < -0.4 is 0 Å². The highest BCUT2D eigenvalue weighted by Gasteiger charge is 2.72. The van der Waals surface area contributed by atoms with Crippen molar-refractivity contribution in [1.82, 2.24) is 4.31 Å². The van der Waals surface area contributed by atoms with E-state index in [0.29, 0.717) is 5.92 Å². The molecule has 1 amide bonds. The molecular formula is C17H27NO5S2. The minimum Gasteiger partial charge on any atom is -0.468 e. The van der Waals surface area contributed by atoms with E-state index in [-0.39, 0.29) is 51.9 Å². The van der Waals surface area contributed by atoms with E-state index >= 15 is 0 Å². The maximum absolute atomic E-state index is 12.8. The second-order valence-corrected chi connectivity index (χ2v) is 11.5. The Balaban J connectivity index is 1.74. The lowest BCUT2D eigenvalue weighted by Crippen LogP contribution is -2.44. The molecular weight excluding hydrogens is 362 g/mol. The van der Waals surface area contributed by atoms with Gasteiger partial charge in [0.1, 0.15) is 0 Å². The third-order valence-electron chi connectivity index (χ3n) is 6.83. The van der Waals surface area contributed by atoms with Gasteiger partial charge in [0, 0.05) is 17.1 Å². The van der Waals surface area contributed by atoms with Gasteiger partial charge in [-0.3, -0.25) is 9.59 Å². The molecule has 2 bridgehead atoms. The summed E-state index contributed by atoms with van der Waals surface area (Å²) < 4.78 is 31.4. The van der Waals surface area contributed by atoms with Crippen molar-refractivity contribution in [3.63, 3.8) is 0 Å². The number of ether oxygens (including phenoxy) is 1. The summed E-state index contributed by atoms with van der Waals surface area (Å²) in [4.78, 5) is 24.1. The summed E-state index contributed by atoms with van der Waals surface area (Å²) in [7, 11) is -2.23. The van der Waals surface area contributed by atoms with Crippen LogP contribution in [0.1, 0.15) is 46.5 Å². The SMILES string of the molecule is COC(=O)CS[C@H](C)CC(=O)N1[C@@H]2C[C@H]3CC[C@]2(CS1(=O)=O)C3(C)C. The monoisotopic (exact) mass is 389 g/mol. The van der Waals surface area contributed by atoms with Gasteiger partial charge >= 0.3 is 5.97 Å². The second-order valence-electron chi connectivity index (χ2n) is 8.21. The lowest BCUT2D eigenvalue weighted by atomic mass is 9.69. The number of amides is 1. The highest BCUT2D eigenvalue weighted by molar-refractivity contribution is 8.00. The molecule has 0 aromatic carbocycles. The smallest absolute Gasteiger partial charge is 0.315 e. The highest BCUT2D eigenvalue weighted by atomic mass is 32.2. The van der Waals surface area contributed by atoms with Crippen LogP contribution in [0.2, 0.25) is 0 Å². The van der Waals surface area contributed by atoms with E-state index in [1.54, 1.807) is 0 Å². The van der Waals surface area contributed by atoms with Gasteiger partial charge in [-0.1, -0.05) is 20.8 Å². The molecule has 0 radical (unpaired) electrons. The molecule has 2 aliphatic carbocycles. The van der Waals surface area contributed by atoms with Crippen LogP contribution in [-0.4, -0.2) is 54.5 Å². The van der Waals surface area contributed by atoms with Crippen molar-refractivity contribution >= 4 is 33.7 Å². The second kappa shape index (κ2) is 6.15. The number of fused-ring (bicyclic) bond motifs is 1. The molecule has 3 aliphatic rings. The molecule has 6 nitrogen and oxygen atoms in total. The Kier molecular flexibility index (Phi) is 4.68. The fraction of sp³-hybridized carbons (Fsp3) is 0.882. The van der Waals surface area contributed by atoms with E-state index in [1.807, 2.05) is 6.92 Å². The van der Waals surface area contributed by atoms with E-state index in [2.05, 4.69) is 18.6 Å². The minimum atomic E-state index is -3.56. The molecule has 0 N–H and O–H groups in total. The van der Waals surface area contributed by atoms with Crippen molar-refractivity contribution in [1.29, 1.82) is 0 Å². The van der Waals surface area contributed by atoms with Gasteiger partial charge in [-0.15, -0.1) is 11.8 Å². The average Bonchev–Trinajstić information content (AvgIpc) is 2.99. The van der Waals surface area contributed by atoms with Crippen LogP contribution in [0.3, 0.4) is 0 Å². The molecule has 3 rings (SSSR count). The van der Waals surface area contributed by atoms with Crippen molar-refractivity contribution in [2.45, 2.75) is 57.7 Å². The minimum absolute atomic E-state index is 0.0367. The normalized spacial score (nSPS) is 35.4. The zero-order valence-electron chi connectivity index (χ0n) is 15.3. The number of nitrogens with zero attached hydrogens (tertiary/aromatic N) is 1. The van der Waals surface area contributed by atoms with Crippen LogP contribution in [0, 0.1) is 16.7 Å². The van der Waals surface area contributed by atoms with Crippen molar-refractivity contribution in [3.8, 4) is 0 Å². The predicted molar refractivity (Wildman–Crippen MR) is 96.5 cm³/mol. The maximum Gasteiger partial charge on any atom is 0.315 e. The van der Waals surface area contributed by atoms with Crippen LogP contribution in [-0.2, 0) is 24.3 Å². The number of methoxy groups -OCH3 is 1. The fourth-order valence-electron chi connectivity index (χ4n) is 5.28. The molecule has 1 aliphatic heterocycles. The number of thioether (sulfide) groups is 1. The molecule has 25 heavy (non-hydrogen) atoms. The average molecular weight is 390 g/mol. The van der Waals surface area contributed by atoms with E-state index in [0.717, 1.165) is 19.3 Å². The summed E-state index contributed by atoms with van der Waals surface area (Å²) >= 11 is 1.32.